The highest BCUT2D eigenvalue weighted by atomic mass is 35.5. The number of hydrogen-bond donors (Lipinski definition) is 0. The quantitative estimate of drug-likeness (QED) is 0.662. The van der Waals surface area contributed by atoms with Gasteiger partial charge >= 0.3 is 0 Å². The van der Waals surface area contributed by atoms with E-state index in [0.29, 0.717) is 14.8 Å². The molecule has 0 radical (unpaired) electrons. The maximum Gasteiger partial charge on any atom is 0.295 e. The van der Waals surface area contributed by atoms with E-state index in [0.717, 1.165) is 10.6 Å². The van der Waals surface area contributed by atoms with Gasteiger partial charge in [0.2, 0.25) is 0 Å². The smallest absolute Gasteiger partial charge is 0.265 e. The second-order valence-corrected chi connectivity index (χ2v) is 8.81. The number of hydrogen-bond acceptors (Lipinski definition) is 4. The molecule has 24 heavy (non-hydrogen) atoms. The van der Waals surface area contributed by atoms with Gasteiger partial charge in [-0.15, -0.1) is 11.3 Å². The van der Waals surface area contributed by atoms with Crippen molar-refractivity contribution in [3.63, 3.8) is 0 Å². The zero-order chi connectivity index (χ0) is 17.2. The van der Waals surface area contributed by atoms with Gasteiger partial charge in [-0.3, -0.25) is 9.78 Å². The Morgan fingerprint density at radius 3 is 2.54 bits per heavy atom. The van der Waals surface area contributed by atoms with E-state index in [4.69, 9.17) is 11.6 Å². The van der Waals surface area contributed by atoms with Crippen LogP contribution < -0.4 is 0 Å². The van der Waals surface area contributed by atoms with Crippen LogP contribution in [0.25, 0.3) is 10.6 Å². The molecule has 2 aromatic heterocycles. The molecule has 0 aliphatic heterocycles. The summed E-state index contributed by atoms with van der Waals surface area (Å²) in [5.74, 6) is -0.496. The number of carbonyl (C=O) groups excluding carboxylic acids is 1. The number of aromatic nitrogens is 1. The molecule has 0 aliphatic carbocycles. The van der Waals surface area contributed by atoms with Crippen molar-refractivity contribution in [3.05, 3.63) is 70.7 Å². The minimum atomic E-state index is -2.82. The fourth-order valence-corrected chi connectivity index (χ4v) is 4.25. The molecule has 7 heteroatoms. The molecule has 0 fully saturated rings. The third-order valence-electron chi connectivity index (χ3n) is 3.24. The minimum absolute atomic E-state index is 0.430. The first kappa shape index (κ1) is 16.8. The fraction of sp³-hybridized carbons (Fsp3) is 0.0588. The Morgan fingerprint density at radius 2 is 1.88 bits per heavy atom. The van der Waals surface area contributed by atoms with Gasteiger partial charge in [-0.05, 0) is 48.5 Å². The number of halogens is 1. The zero-order valence-corrected chi connectivity index (χ0v) is 15.1. The largest absolute Gasteiger partial charge is 0.295 e. The lowest BCUT2D eigenvalue weighted by Crippen LogP contribution is -2.02. The summed E-state index contributed by atoms with van der Waals surface area (Å²) in [6.07, 6.45) is 3.14. The molecule has 3 aromatic rings. The second kappa shape index (κ2) is 6.84. The molecule has 0 saturated heterocycles. The van der Waals surface area contributed by atoms with Crippen LogP contribution in [0.4, 0.5) is 0 Å². The number of rotatable bonds is 3. The summed E-state index contributed by atoms with van der Waals surface area (Å²) in [4.78, 5) is 18.4. The highest BCUT2D eigenvalue weighted by Gasteiger charge is 2.14. The molecule has 0 aliphatic rings. The molecule has 1 aromatic carbocycles. The first-order valence-corrected chi connectivity index (χ1v) is 10.1. The molecule has 4 nitrogen and oxygen atoms in total. The number of thiophene rings is 1. The highest BCUT2D eigenvalue weighted by Crippen LogP contribution is 2.27. The Balaban J connectivity index is 1.91. The third kappa shape index (κ3) is 3.72. The number of benzene rings is 1. The Hall–Kier alpha value is -2.02. The van der Waals surface area contributed by atoms with Gasteiger partial charge in [0.15, 0.2) is 0 Å². The van der Waals surface area contributed by atoms with Crippen molar-refractivity contribution in [3.8, 4) is 10.6 Å². The van der Waals surface area contributed by atoms with Crippen molar-refractivity contribution < 1.29 is 9.00 Å². The standard InChI is InChI=1S/C17H13ClN2O2S2/c1-24(22,13-7-5-12(18)6-8-13)20-17(21)16-10-9-15(23-16)14-4-2-3-11-19-14/h2-11H,1H3. The molecule has 0 N–H and O–H groups in total. The average Bonchev–Trinajstić information content (AvgIpc) is 3.06. The molecule has 3 rings (SSSR count). The normalized spacial score (nSPS) is 13.2. The van der Waals surface area contributed by atoms with Crippen LogP contribution in [0.15, 0.2) is 70.1 Å². The summed E-state index contributed by atoms with van der Waals surface area (Å²) in [6.45, 7) is 0. The molecule has 0 spiro atoms. The Bertz CT molecular complexity index is 989. The van der Waals surface area contributed by atoms with Crippen molar-refractivity contribution in [2.45, 2.75) is 4.90 Å². The van der Waals surface area contributed by atoms with E-state index in [-0.39, 0.29) is 0 Å². The van der Waals surface area contributed by atoms with Gasteiger partial charge in [0.05, 0.1) is 25.2 Å². The monoisotopic (exact) mass is 376 g/mol. The topological polar surface area (TPSA) is 59.4 Å². The van der Waals surface area contributed by atoms with Gasteiger partial charge in [-0.25, -0.2) is 4.21 Å². The number of amides is 1. The molecule has 122 valence electrons. The number of carbonyl (C=O) groups is 1. The molecule has 0 saturated carbocycles. The summed E-state index contributed by atoms with van der Waals surface area (Å²) in [5, 5.41) is 0.540. The fourth-order valence-electron chi connectivity index (χ4n) is 2.04. The molecule has 1 atom stereocenters. The number of nitrogens with zero attached hydrogens (tertiary/aromatic N) is 2. The molecule has 2 heterocycles. The third-order valence-corrected chi connectivity index (χ3v) is 6.25. The Morgan fingerprint density at radius 1 is 1.12 bits per heavy atom. The van der Waals surface area contributed by atoms with Crippen LogP contribution in [0, 0.1) is 0 Å². The summed E-state index contributed by atoms with van der Waals surface area (Å²) >= 11 is 7.11. The lowest BCUT2D eigenvalue weighted by atomic mass is 10.3. The first-order chi connectivity index (χ1) is 11.5. The lowest BCUT2D eigenvalue weighted by molar-refractivity contribution is 0.101. The second-order valence-electron chi connectivity index (χ2n) is 5.03. The SMILES string of the molecule is CS(=O)(=NC(=O)c1ccc(-c2ccccn2)s1)c1ccc(Cl)cc1. The van der Waals surface area contributed by atoms with E-state index in [9.17, 15) is 9.00 Å². The van der Waals surface area contributed by atoms with Crippen molar-refractivity contribution >= 4 is 38.6 Å². The van der Waals surface area contributed by atoms with Crippen LogP contribution in [0.3, 0.4) is 0 Å². The van der Waals surface area contributed by atoms with Gasteiger partial charge in [0.1, 0.15) is 0 Å². The van der Waals surface area contributed by atoms with Crippen LogP contribution in [0.5, 0.6) is 0 Å². The van der Waals surface area contributed by atoms with Crippen LogP contribution in [0.1, 0.15) is 9.67 Å². The van der Waals surface area contributed by atoms with Crippen molar-refractivity contribution in [2.24, 2.45) is 4.36 Å². The van der Waals surface area contributed by atoms with Crippen molar-refractivity contribution in [1.29, 1.82) is 0 Å². The summed E-state index contributed by atoms with van der Waals surface area (Å²) in [7, 11) is -2.82. The molecular formula is C17H13ClN2O2S2. The first-order valence-electron chi connectivity index (χ1n) is 6.99. The van der Waals surface area contributed by atoms with E-state index in [1.807, 2.05) is 24.3 Å². The maximum absolute atomic E-state index is 12.7. The summed E-state index contributed by atoms with van der Waals surface area (Å²) in [5.41, 5.74) is 0.788. The van der Waals surface area contributed by atoms with Crippen molar-refractivity contribution in [2.75, 3.05) is 6.26 Å². The van der Waals surface area contributed by atoms with E-state index in [1.165, 1.54) is 17.6 Å². The predicted octanol–water partition coefficient (Wildman–Crippen LogP) is 4.76. The van der Waals surface area contributed by atoms with Gasteiger partial charge in [0, 0.05) is 22.4 Å². The summed E-state index contributed by atoms with van der Waals surface area (Å²) in [6, 6.07) is 15.6. The van der Waals surface area contributed by atoms with Gasteiger partial charge in [-0.1, -0.05) is 17.7 Å². The Kier molecular flexibility index (Phi) is 4.80. The highest BCUT2D eigenvalue weighted by molar-refractivity contribution is 7.93. The van der Waals surface area contributed by atoms with E-state index in [1.54, 1.807) is 36.5 Å². The molecule has 1 unspecified atom stereocenters. The average molecular weight is 377 g/mol. The van der Waals surface area contributed by atoms with Crippen LogP contribution >= 0.6 is 22.9 Å². The van der Waals surface area contributed by atoms with Crippen molar-refractivity contribution in [1.82, 2.24) is 4.98 Å². The molecular weight excluding hydrogens is 364 g/mol. The van der Waals surface area contributed by atoms with E-state index < -0.39 is 15.6 Å². The summed E-state index contributed by atoms with van der Waals surface area (Å²) < 4.78 is 16.6. The van der Waals surface area contributed by atoms with Crippen LogP contribution in [-0.2, 0) is 9.73 Å². The van der Waals surface area contributed by atoms with Crippen LogP contribution in [0.2, 0.25) is 5.02 Å². The minimum Gasteiger partial charge on any atom is -0.265 e. The zero-order valence-electron chi connectivity index (χ0n) is 12.7. The maximum atomic E-state index is 12.7. The van der Waals surface area contributed by atoms with E-state index in [2.05, 4.69) is 9.35 Å². The predicted molar refractivity (Wildman–Crippen MR) is 98.1 cm³/mol. The van der Waals surface area contributed by atoms with Gasteiger partial charge in [-0.2, -0.15) is 4.36 Å². The van der Waals surface area contributed by atoms with Gasteiger partial charge < -0.3 is 0 Å². The molecule has 1 amide bonds. The van der Waals surface area contributed by atoms with Gasteiger partial charge in [0.25, 0.3) is 5.91 Å². The lowest BCUT2D eigenvalue weighted by Gasteiger charge is -2.03. The van der Waals surface area contributed by atoms with Crippen LogP contribution in [-0.4, -0.2) is 21.4 Å². The number of pyridine rings is 1. The molecule has 0 bridgehead atoms. The Labute approximate surface area is 149 Å². The van der Waals surface area contributed by atoms with E-state index >= 15 is 0 Å².